The number of hydrogen-bond acceptors (Lipinski definition) is 3. The fourth-order valence-corrected chi connectivity index (χ4v) is 3.09. The van der Waals surface area contributed by atoms with Crippen molar-refractivity contribution in [2.24, 2.45) is 5.92 Å². The third-order valence-corrected chi connectivity index (χ3v) is 4.94. The van der Waals surface area contributed by atoms with Crippen LogP contribution in [-0.4, -0.2) is 42.6 Å². The van der Waals surface area contributed by atoms with Crippen LogP contribution in [-0.2, 0) is 9.53 Å². The van der Waals surface area contributed by atoms with Crippen molar-refractivity contribution < 1.29 is 9.53 Å². The number of ether oxygens (including phenoxy) is 1. The molecule has 3 rings (SSSR count). The van der Waals surface area contributed by atoms with Gasteiger partial charge >= 0.3 is 0 Å². The molecule has 0 aromatic heterocycles. The number of hydrogen-bond donors (Lipinski definition) is 1. The van der Waals surface area contributed by atoms with Gasteiger partial charge in [-0.25, -0.2) is 0 Å². The molecule has 2 aliphatic rings. The van der Waals surface area contributed by atoms with Crippen LogP contribution in [0.25, 0.3) is 0 Å². The lowest BCUT2D eigenvalue weighted by Gasteiger charge is -2.34. The molecule has 2 fully saturated rings. The maximum atomic E-state index is 12.4. The molecule has 23 heavy (non-hydrogen) atoms. The van der Waals surface area contributed by atoms with Crippen molar-refractivity contribution in [2.75, 3.05) is 25.0 Å². The Bertz CT molecular complexity index is 534. The summed E-state index contributed by atoms with van der Waals surface area (Å²) >= 11 is 0. The topological polar surface area (TPSA) is 41.6 Å². The van der Waals surface area contributed by atoms with Crippen LogP contribution < -0.4 is 5.32 Å². The van der Waals surface area contributed by atoms with E-state index in [-0.39, 0.29) is 12.0 Å². The highest BCUT2D eigenvalue weighted by molar-refractivity contribution is 5.80. The van der Waals surface area contributed by atoms with Gasteiger partial charge in [0, 0.05) is 24.8 Å². The summed E-state index contributed by atoms with van der Waals surface area (Å²) in [7, 11) is 0. The second-order valence-corrected chi connectivity index (χ2v) is 6.98. The number of para-hydroxylation sites is 1. The molecule has 0 radical (unpaired) electrons. The fraction of sp³-hybridized carbons (Fsp3) is 0.632. The van der Waals surface area contributed by atoms with Crippen LogP contribution in [0.4, 0.5) is 5.69 Å². The molecule has 1 aliphatic carbocycles. The highest BCUT2D eigenvalue weighted by Gasteiger charge is 2.28. The Kier molecular flexibility index (Phi) is 5.21. The van der Waals surface area contributed by atoms with Gasteiger partial charge in [0.1, 0.15) is 6.10 Å². The van der Waals surface area contributed by atoms with E-state index in [1.807, 2.05) is 11.8 Å². The van der Waals surface area contributed by atoms with Gasteiger partial charge in [-0.3, -0.25) is 4.79 Å². The minimum atomic E-state index is -0.295. The van der Waals surface area contributed by atoms with E-state index < -0.39 is 0 Å². The first kappa shape index (κ1) is 16.3. The first-order chi connectivity index (χ1) is 11.1. The zero-order chi connectivity index (χ0) is 16.2. The van der Waals surface area contributed by atoms with E-state index in [1.54, 1.807) is 0 Å². The van der Waals surface area contributed by atoms with Crippen molar-refractivity contribution >= 4 is 11.6 Å². The molecule has 0 bridgehead atoms. The van der Waals surface area contributed by atoms with Crippen molar-refractivity contribution in [2.45, 2.75) is 51.7 Å². The monoisotopic (exact) mass is 316 g/mol. The van der Waals surface area contributed by atoms with Gasteiger partial charge in [0.25, 0.3) is 5.91 Å². The van der Waals surface area contributed by atoms with E-state index in [0.29, 0.717) is 12.0 Å². The van der Waals surface area contributed by atoms with E-state index in [4.69, 9.17) is 4.74 Å². The van der Waals surface area contributed by atoms with E-state index in [9.17, 15) is 4.79 Å². The lowest BCUT2D eigenvalue weighted by Crippen LogP contribution is -2.46. The predicted molar refractivity (Wildman–Crippen MR) is 92.5 cm³/mol. The van der Waals surface area contributed by atoms with Crippen LogP contribution in [0, 0.1) is 12.8 Å². The van der Waals surface area contributed by atoms with Crippen molar-refractivity contribution in [3.63, 3.8) is 0 Å². The third-order valence-electron chi connectivity index (χ3n) is 4.94. The number of piperidine rings is 1. The maximum absolute atomic E-state index is 12.4. The molecule has 4 nitrogen and oxygen atoms in total. The summed E-state index contributed by atoms with van der Waals surface area (Å²) in [4.78, 5) is 14.4. The van der Waals surface area contributed by atoms with Gasteiger partial charge in [-0.2, -0.15) is 0 Å². The van der Waals surface area contributed by atoms with Crippen LogP contribution in [0.1, 0.15) is 38.2 Å². The molecule has 0 spiro atoms. The summed E-state index contributed by atoms with van der Waals surface area (Å²) in [6, 6.07) is 8.82. The van der Waals surface area contributed by atoms with Crippen LogP contribution in [0.3, 0.4) is 0 Å². The molecular formula is C19H28N2O2. The maximum Gasteiger partial charge on any atom is 0.251 e. The number of likely N-dealkylation sites (tertiary alicyclic amines) is 1. The zero-order valence-corrected chi connectivity index (χ0v) is 14.3. The number of carbonyl (C=O) groups is 1. The molecule has 4 heteroatoms. The summed E-state index contributed by atoms with van der Waals surface area (Å²) in [6.07, 6.45) is 4.22. The Morgan fingerprint density at radius 1 is 1.26 bits per heavy atom. The van der Waals surface area contributed by atoms with Gasteiger partial charge in [-0.1, -0.05) is 18.2 Å². The van der Waals surface area contributed by atoms with E-state index in [0.717, 1.165) is 32.5 Å². The number of nitrogens with one attached hydrogen (secondary N) is 1. The summed E-state index contributed by atoms with van der Waals surface area (Å²) in [5.74, 6) is 0.856. The van der Waals surface area contributed by atoms with E-state index in [1.165, 1.54) is 24.1 Å². The molecule has 1 N–H and O–H groups in total. The van der Waals surface area contributed by atoms with Crippen molar-refractivity contribution in [3.05, 3.63) is 29.8 Å². The fourth-order valence-electron chi connectivity index (χ4n) is 3.09. The van der Waals surface area contributed by atoms with E-state index in [2.05, 4.69) is 36.5 Å². The second-order valence-electron chi connectivity index (χ2n) is 6.98. The molecule has 1 saturated carbocycles. The van der Waals surface area contributed by atoms with Gasteiger partial charge < -0.3 is 15.0 Å². The van der Waals surface area contributed by atoms with Crippen LogP contribution in [0.15, 0.2) is 24.3 Å². The highest BCUT2D eigenvalue weighted by Crippen LogP contribution is 2.29. The number of aryl methyl sites for hydroxylation is 1. The number of nitrogens with zero attached hydrogens (tertiary/aromatic N) is 1. The smallest absolute Gasteiger partial charge is 0.251 e. The van der Waals surface area contributed by atoms with Crippen LogP contribution in [0.5, 0.6) is 0 Å². The molecule has 126 valence electrons. The van der Waals surface area contributed by atoms with Gasteiger partial charge in [0.2, 0.25) is 0 Å². The average molecular weight is 316 g/mol. The quantitative estimate of drug-likeness (QED) is 0.876. The normalized spacial score (nSPS) is 20.3. The van der Waals surface area contributed by atoms with Crippen molar-refractivity contribution in [3.8, 4) is 0 Å². The first-order valence-corrected chi connectivity index (χ1v) is 8.86. The van der Waals surface area contributed by atoms with Gasteiger partial charge in [-0.15, -0.1) is 0 Å². The Labute approximate surface area is 139 Å². The third kappa shape index (κ3) is 4.47. The van der Waals surface area contributed by atoms with Crippen molar-refractivity contribution in [1.82, 2.24) is 4.90 Å². The zero-order valence-electron chi connectivity index (χ0n) is 14.3. The lowest BCUT2D eigenvalue weighted by atomic mass is 10.0. The van der Waals surface area contributed by atoms with E-state index >= 15 is 0 Å². The Balaban J connectivity index is 1.44. The molecule has 1 atom stereocenters. The molecule has 1 aromatic carbocycles. The largest absolute Gasteiger partial charge is 0.382 e. The number of carbonyl (C=O) groups excluding carboxylic acids is 1. The standard InChI is InChI=1S/C19H28N2O2/c1-14-5-3-4-6-18(14)20-17-9-11-21(12-10-17)19(22)15(2)23-13-16-7-8-16/h3-6,15-17,20H,7-13H2,1-2H3/t15-/m0/s1. The molecule has 0 unspecified atom stereocenters. The number of amides is 1. The molecule has 1 aromatic rings. The van der Waals surface area contributed by atoms with Gasteiger partial charge in [0.05, 0.1) is 6.61 Å². The SMILES string of the molecule is Cc1ccccc1NC1CCN(C(=O)[C@H](C)OCC2CC2)CC1. The Hall–Kier alpha value is -1.55. The molecule has 1 heterocycles. The first-order valence-electron chi connectivity index (χ1n) is 8.86. The molecule has 1 amide bonds. The summed E-state index contributed by atoms with van der Waals surface area (Å²) < 4.78 is 5.71. The summed E-state index contributed by atoms with van der Waals surface area (Å²) in [6.45, 7) is 6.40. The van der Waals surface area contributed by atoms with Crippen molar-refractivity contribution in [1.29, 1.82) is 0 Å². The minimum absolute atomic E-state index is 0.153. The molecular weight excluding hydrogens is 288 g/mol. The number of rotatable bonds is 6. The number of benzene rings is 1. The van der Waals surface area contributed by atoms with Crippen LogP contribution >= 0.6 is 0 Å². The van der Waals surface area contributed by atoms with Gasteiger partial charge in [0.15, 0.2) is 0 Å². The highest BCUT2D eigenvalue weighted by atomic mass is 16.5. The Morgan fingerprint density at radius 2 is 1.96 bits per heavy atom. The lowest BCUT2D eigenvalue weighted by molar-refractivity contribution is -0.143. The summed E-state index contributed by atoms with van der Waals surface area (Å²) in [5, 5.41) is 3.62. The van der Waals surface area contributed by atoms with Crippen LogP contribution in [0.2, 0.25) is 0 Å². The average Bonchev–Trinajstić information content (AvgIpc) is 3.39. The minimum Gasteiger partial charge on any atom is -0.382 e. The van der Waals surface area contributed by atoms with Gasteiger partial charge in [-0.05, 0) is 57.1 Å². The summed E-state index contributed by atoms with van der Waals surface area (Å²) in [5.41, 5.74) is 2.48. The molecule has 1 aliphatic heterocycles. The Morgan fingerprint density at radius 3 is 2.61 bits per heavy atom. The number of anilines is 1. The molecule has 1 saturated heterocycles. The predicted octanol–water partition coefficient (Wildman–Crippen LogP) is 3.21. The second kappa shape index (κ2) is 7.35.